The second kappa shape index (κ2) is 27.9. The highest BCUT2D eigenvalue weighted by Crippen LogP contribution is 2.15. The molecule has 0 radical (unpaired) electrons. The molecule has 0 atom stereocenters. The van der Waals surface area contributed by atoms with Crippen LogP contribution in [0.25, 0.3) is 0 Å². The zero-order valence-corrected chi connectivity index (χ0v) is 24.4. The first-order valence-electron chi connectivity index (χ1n) is 13.2. The second-order valence-corrected chi connectivity index (χ2v) is 7.72. The first-order valence-corrected chi connectivity index (χ1v) is 13.2. The maximum absolute atomic E-state index is 12.4. The lowest BCUT2D eigenvalue weighted by Crippen LogP contribution is -2.36. The third-order valence-corrected chi connectivity index (χ3v) is 4.51. The van der Waals surface area contributed by atoms with E-state index in [9.17, 15) is 4.79 Å². The van der Waals surface area contributed by atoms with Crippen LogP contribution in [0.5, 0.6) is 0 Å². The summed E-state index contributed by atoms with van der Waals surface area (Å²) >= 11 is 0. The standard InChI is InChI=1S/C18H22N2O.C9H13N.C4H8.C3H6/c1-4-6-9-12-16(3)20(18(21)15-19-5-2)17-13-10-7-8-11-14-17;1-2-10-8-9-6-4-3-5-7-9;1-3-4-2;1-3-2/h4,6-13,19H,1,5,15H2,2-3H3;3-7,10H,2,8H2,1H3;3-4H,1-2H3;3H,1H2,2H3/b9-6-,16-12+;;4-3-;. The van der Waals surface area contributed by atoms with Crippen LogP contribution in [0.15, 0.2) is 134 Å². The number of carbonyl (C=O) groups is 1. The van der Waals surface area contributed by atoms with Gasteiger partial charge in [0.05, 0.1) is 12.2 Å². The highest BCUT2D eigenvalue weighted by molar-refractivity contribution is 5.82. The van der Waals surface area contributed by atoms with Crippen molar-refractivity contribution < 1.29 is 4.79 Å². The summed E-state index contributed by atoms with van der Waals surface area (Å²) in [7, 11) is 0. The predicted molar refractivity (Wildman–Crippen MR) is 169 cm³/mol. The molecular formula is C34H49N3O. The van der Waals surface area contributed by atoms with E-state index in [2.05, 4.69) is 60.7 Å². The Hall–Kier alpha value is -3.69. The average molecular weight is 516 g/mol. The van der Waals surface area contributed by atoms with Crippen LogP contribution in [0.1, 0.15) is 47.1 Å². The Morgan fingerprint density at radius 3 is 2.13 bits per heavy atom. The van der Waals surface area contributed by atoms with E-state index in [1.54, 1.807) is 23.1 Å². The molecule has 1 aromatic carbocycles. The summed E-state index contributed by atoms with van der Waals surface area (Å²) in [6, 6.07) is 10.4. The van der Waals surface area contributed by atoms with Gasteiger partial charge in [-0.1, -0.05) is 111 Å². The van der Waals surface area contributed by atoms with Gasteiger partial charge in [-0.3, -0.25) is 9.69 Å². The molecule has 0 saturated heterocycles. The second-order valence-electron chi connectivity index (χ2n) is 7.72. The van der Waals surface area contributed by atoms with Gasteiger partial charge in [0.2, 0.25) is 5.91 Å². The van der Waals surface area contributed by atoms with Crippen molar-refractivity contribution >= 4 is 5.91 Å². The molecule has 1 amide bonds. The van der Waals surface area contributed by atoms with Gasteiger partial charge in [0.1, 0.15) is 0 Å². The molecule has 38 heavy (non-hydrogen) atoms. The summed E-state index contributed by atoms with van der Waals surface area (Å²) in [6.07, 6.45) is 22.4. The van der Waals surface area contributed by atoms with E-state index in [0.717, 1.165) is 31.0 Å². The van der Waals surface area contributed by atoms with E-state index in [1.807, 2.05) is 95.4 Å². The molecule has 2 rings (SSSR count). The lowest BCUT2D eigenvalue weighted by atomic mass is 10.2. The Balaban J connectivity index is 0. The monoisotopic (exact) mass is 515 g/mol. The van der Waals surface area contributed by atoms with E-state index in [0.29, 0.717) is 6.54 Å². The summed E-state index contributed by atoms with van der Waals surface area (Å²) < 4.78 is 0. The van der Waals surface area contributed by atoms with Crippen molar-refractivity contribution in [3.05, 3.63) is 139 Å². The normalized spacial score (nSPS) is 11.7. The van der Waals surface area contributed by atoms with Gasteiger partial charge in [0, 0.05) is 12.2 Å². The Morgan fingerprint density at radius 2 is 1.58 bits per heavy atom. The smallest absolute Gasteiger partial charge is 0.245 e. The molecule has 0 aromatic heterocycles. The highest BCUT2D eigenvalue weighted by atomic mass is 16.2. The van der Waals surface area contributed by atoms with Crippen molar-refractivity contribution in [2.75, 3.05) is 19.6 Å². The average Bonchev–Trinajstić information content (AvgIpc) is 3.22. The first kappa shape index (κ1) is 36.5. The number of carbonyl (C=O) groups excluding carboxylic acids is 1. The largest absolute Gasteiger partial charge is 0.313 e. The Labute approximate surface area is 232 Å². The number of rotatable bonds is 10. The molecule has 0 heterocycles. The molecule has 0 bridgehead atoms. The molecule has 1 aliphatic carbocycles. The van der Waals surface area contributed by atoms with Gasteiger partial charge >= 0.3 is 0 Å². The minimum atomic E-state index is -0.0138. The van der Waals surface area contributed by atoms with E-state index in [-0.39, 0.29) is 5.91 Å². The molecule has 1 aliphatic rings. The van der Waals surface area contributed by atoms with Crippen molar-refractivity contribution in [2.24, 2.45) is 0 Å². The van der Waals surface area contributed by atoms with E-state index in [1.165, 1.54) is 5.56 Å². The number of nitrogens with zero attached hydrogens (tertiary/aromatic N) is 1. The van der Waals surface area contributed by atoms with Crippen LogP contribution in [0.4, 0.5) is 0 Å². The lowest BCUT2D eigenvalue weighted by molar-refractivity contribution is -0.126. The van der Waals surface area contributed by atoms with Gasteiger partial charge in [0.25, 0.3) is 0 Å². The minimum Gasteiger partial charge on any atom is -0.313 e. The fourth-order valence-electron chi connectivity index (χ4n) is 2.63. The quantitative estimate of drug-likeness (QED) is 0.190. The summed E-state index contributed by atoms with van der Waals surface area (Å²) in [4.78, 5) is 14.1. The van der Waals surface area contributed by atoms with Crippen LogP contribution in [0, 0.1) is 0 Å². The predicted octanol–water partition coefficient (Wildman–Crippen LogP) is 7.81. The molecule has 0 unspecified atom stereocenters. The molecule has 2 N–H and O–H groups in total. The van der Waals surface area contributed by atoms with Gasteiger partial charge in [0.15, 0.2) is 0 Å². The number of likely N-dealkylation sites (N-methyl/N-ethyl adjacent to an activating group) is 1. The molecule has 0 saturated carbocycles. The summed E-state index contributed by atoms with van der Waals surface area (Å²) in [5.74, 6) is -0.0138. The van der Waals surface area contributed by atoms with E-state index < -0.39 is 0 Å². The van der Waals surface area contributed by atoms with Crippen LogP contribution in [-0.4, -0.2) is 30.4 Å². The van der Waals surface area contributed by atoms with Gasteiger partial charge in [-0.2, -0.15) is 0 Å². The maximum atomic E-state index is 12.4. The molecule has 4 heteroatoms. The molecular weight excluding hydrogens is 466 g/mol. The third-order valence-electron chi connectivity index (χ3n) is 4.51. The van der Waals surface area contributed by atoms with Crippen molar-refractivity contribution in [1.29, 1.82) is 0 Å². The first-order chi connectivity index (χ1) is 18.5. The van der Waals surface area contributed by atoms with Gasteiger partial charge < -0.3 is 10.6 Å². The number of nitrogens with one attached hydrogen (secondary N) is 2. The van der Waals surface area contributed by atoms with Crippen molar-refractivity contribution in [3.63, 3.8) is 0 Å². The number of amides is 1. The maximum Gasteiger partial charge on any atom is 0.245 e. The fourth-order valence-corrected chi connectivity index (χ4v) is 2.63. The number of hydrogen-bond acceptors (Lipinski definition) is 3. The Morgan fingerprint density at radius 1 is 0.947 bits per heavy atom. The molecule has 0 spiro atoms. The SMILES string of the molecule is C/C=C\C.C=C/C=C\C=C(/C)N(C(=O)CNCC)C1=C=CC=CC=C1.C=CC.CCNCc1ccccc1. The number of benzene rings is 1. The molecule has 0 fully saturated rings. The van der Waals surface area contributed by atoms with Crippen molar-refractivity contribution in [2.45, 2.75) is 48.1 Å². The zero-order chi connectivity index (χ0) is 28.9. The fraction of sp³-hybridized carbons (Fsp3) is 0.294. The van der Waals surface area contributed by atoms with E-state index >= 15 is 0 Å². The molecule has 4 nitrogen and oxygen atoms in total. The lowest BCUT2D eigenvalue weighted by Gasteiger charge is -2.23. The summed E-state index contributed by atoms with van der Waals surface area (Å²) in [6.45, 7) is 21.9. The third kappa shape index (κ3) is 20.5. The van der Waals surface area contributed by atoms with Crippen LogP contribution >= 0.6 is 0 Å². The Bertz CT molecular complexity index is 968. The van der Waals surface area contributed by atoms with Gasteiger partial charge in [-0.05, 0) is 64.6 Å². The van der Waals surface area contributed by atoms with Crippen LogP contribution in [-0.2, 0) is 11.3 Å². The molecule has 0 aliphatic heterocycles. The van der Waals surface area contributed by atoms with Crippen LogP contribution in [0.3, 0.4) is 0 Å². The Kier molecular flexibility index (Phi) is 26.8. The van der Waals surface area contributed by atoms with Crippen molar-refractivity contribution in [1.82, 2.24) is 15.5 Å². The van der Waals surface area contributed by atoms with Gasteiger partial charge in [-0.15, -0.1) is 6.58 Å². The van der Waals surface area contributed by atoms with Gasteiger partial charge in [-0.25, -0.2) is 0 Å². The van der Waals surface area contributed by atoms with E-state index in [4.69, 9.17) is 0 Å². The summed E-state index contributed by atoms with van der Waals surface area (Å²) in [5.41, 5.74) is 6.03. The van der Waals surface area contributed by atoms with Crippen LogP contribution < -0.4 is 10.6 Å². The molecule has 1 aromatic rings. The highest BCUT2D eigenvalue weighted by Gasteiger charge is 2.17. The topological polar surface area (TPSA) is 44.4 Å². The number of hydrogen-bond donors (Lipinski definition) is 2. The van der Waals surface area contributed by atoms with Crippen LogP contribution in [0.2, 0.25) is 0 Å². The molecule has 206 valence electrons. The van der Waals surface area contributed by atoms with Crippen molar-refractivity contribution in [3.8, 4) is 0 Å². The minimum absolute atomic E-state index is 0.0138. The number of allylic oxidation sites excluding steroid dienone is 12. The zero-order valence-electron chi connectivity index (χ0n) is 24.4. The summed E-state index contributed by atoms with van der Waals surface area (Å²) in [5, 5.41) is 6.33.